The zero-order valence-electron chi connectivity index (χ0n) is 39.0. The number of H-pyrrole nitrogens is 2. The van der Waals surface area contributed by atoms with Gasteiger partial charge in [-0.3, -0.25) is 19.8 Å². The van der Waals surface area contributed by atoms with E-state index in [9.17, 15) is 38.2 Å². The molecule has 0 atom stereocenters. The average molecular weight is 999 g/mol. The number of pyridine rings is 2. The number of hydrogen-bond acceptors (Lipinski definition) is 13. The Morgan fingerprint density at radius 2 is 0.808 bits per heavy atom. The van der Waals surface area contributed by atoms with Crippen LogP contribution in [-0.4, -0.2) is 143 Å². The third kappa shape index (κ3) is 12.8. The zero-order chi connectivity index (χ0) is 51.1. The van der Waals surface area contributed by atoms with Crippen LogP contribution in [0.25, 0.3) is 67.1 Å². The molecule has 6 N–H and O–H groups in total. The lowest BCUT2D eigenvalue weighted by Crippen LogP contribution is -2.28. The molecule has 2 amide bonds. The van der Waals surface area contributed by atoms with Gasteiger partial charge in [0.2, 0.25) is 0 Å². The fraction of sp³-hybridized carbons (Fsp3) is 0.231. The molecule has 0 spiro atoms. The maximum Gasteiger partial charge on any atom is 0.338 e. The van der Waals surface area contributed by atoms with Gasteiger partial charge in [0.15, 0.2) is 11.3 Å². The number of nitrogens with one attached hydrogen (secondary N) is 4. The number of aromatic amines is 2. The van der Waals surface area contributed by atoms with E-state index in [2.05, 4.69) is 41.0 Å². The first-order valence-corrected chi connectivity index (χ1v) is 23.0. The molecule has 0 unspecified atom stereocenters. The summed E-state index contributed by atoms with van der Waals surface area (Å²) >= 11 is 0. The molecule has 0 saturated carbocycles. The van der Waals surface area contributed by atoms with Crippen LogP contribution in [0.3, 0.4) is 0 Å². The van der Waals surface area contributed by atoms with Gasteiger partial charge in [-0.15, -0.1) is 0 Å². The largest absolute Gasteiger partial charge is 0.478 e. The number of amides is 2. The monoisotopic (exact) mass is 998 g/mol. The van der Waals surface area contributed by atoms with Crippen LogP contribution in [0.15, 0.2) is 109 Å². The number of carboxylic acids is 2. The minimum absolute atomic E-state index is 0.168. The third-order valence-electron chi connectivity index (χ3n) is 11.2. The van der Waals surface area contributed by atoms with E-state index in [4.69, 9.17) is 23.7 Å². The van der Waals surface area contributed by atoms with Gasteiger partial charge in [-0.1, -0.05) is 60.7 Å². The Bertz CT molecular complexity index is 3010. The van der Waals surface area contributed by atoms with E-state index in [0.717, 1.165) is 23.3 Å². The van der Waals surface area contributed by atoms with Gasteiger partial charge < -0.3 is 44.5 Å². The van der Waals surface area contributed by atoms with Crippen LogP contribution in [0.1, 0.15) is 41.4 Å². The van der Waals surface area contributed by atoms with Crippen LogP contribution in [-0.2, 0) is 23.7 Å². The van der Waals surface area contributed by atoms with Gasteiger partial charge in [0, 0.05) is 35.3 Å². The number of aromatic nitrogens is 6. The van der Waals surface area contributed by atoms with Gasteiger partial charge in [-0.25, -0.2) is 28.3 Å². The van der Waals surface area contributed by atoms with Crippen LogP contribution >= 0.6 is 0 Å². The van der Waals surface area contributed by atoms with Crippen molar-refractivity contribution in [3.05, 3.63) is 143 Å². The molecule has 73 heavy (non-hydrogen) atoms. The van der Waals surface area contributed by atoms with Crippen molar-refractivity contribution >= 4 is 45.8 Å². The first kappa shape index (κ1) is 51.0. The molecule has 0 bridgehead atoms. The quantitative estimate of drug-likeness (QED) is 0.0304. The molecule has 8 rings (SSSR count). The molecule has 19 nitrogen and oxygen atoms in total. The van der Waals surface area contributed by atoms with Crippen molar-refractivity contribution in [1.29, 1.82) is 0 Å². The Hall–Kier alpha value is -8.34. The van der Waals surface area contributed by atoms with Gasteiger partial charge in [-0.05, 0) is 48.5 Å². The highest BCUT2D eigenvalue weighted by Crippen LogP contribution is 2.34. The number of halogens is 2. The minimum atomic E-state index is -1.43. The van der Waals surface area contributed by atoms with E-state index in [1.54, 1.807) is 0 Å². The average Bonchev–Trinajstić information content (AvgIpc) is 4.04. The number of ether oxygens (including phenoxy) is 5. The Labute approximate surface area is 414 Å². The summed E-state index contributed by atoms with van der Waals surface area (Å²) in [6.45, 7) is 3.15. The molecular formula is C52H48F2N8O11. The number of rotatable bonds is 26. The number of fused-ring (bicyclic) bond motifs is 2. The van der Waals surface area contributed by atoms with Crippen molar-refractivity contribution in [2.75, 3.05) is 79.2 Å². The summed E-state index contributed by atoms with van der Waals surface area (Å²) < 4.78 is 56.4. The summed E-state index contributed by atoms with van der Waals surface area (Å²) in [6.07, 6.45) is 0. The molecule has 0 fully saturated rings. The van der Waals surface area contributed by atoms with Crippen molar-refractivity contribution in [1.82, 2.24) is 41.0 Å². The number of aromatic carboxylic acids is 2. The number of carbonyl (C=O) groups excluding carboxylic acids is 2. The first-order valence-electron chi connectivity index (χ1n) is 23.0. The molecule has 0 aliphatic carbocycles. The van der Waals surface area contributed by atoms with E-state index in [1.165, 1.54) is 36.4 Å². The lowest BCUT2D eigenvalue weighted by atomic mass is 10.0. The molecule has 4 aromatic heterocycles. The van der Waals surface area contributed by atoms with Crippen molar-refractivity contribution in [3.8, 4) is 45.0 Å². The molecule has 0 aliphatic heterocycles. The summed E-state index contributed by atoms with van der Waals surface area (Å²) in [5.41, 5.74) is 3.60. The number of carbonyl (C=O) groups is 4. The van der Waals surface area contributed by atoms with Gasteiger partial charge in [0.05, 0.1) is 110 Å². The lowest BCUT2D eigenvalue weighted by Gasteiger charge is -2.11. The minimum Gasteiger partial charge on any atom is -0.478 e. The predicted molar refractivity (Wildman–Crippen MR) is 262 cm³/mol. The molecule has 8 aromatic rings. The summed E-state index contributed by atoms with van der Waals surface area (Å²) in [4.78, 5) is 59.7. The van der Waals surface area contributed by atoms with Crippen molar-refractivity contribution in [2.24, 2.45) is 0 Å². The van der Waals surface area contributed by atoms with Crippen molar-refractivity contribution in [2.45, 2.75) is 0 Å². The fourth-order valence-electron chi connectivity index (χ4n) is 7.67. The highest BCUT2D eigenvalue weighted by molar-refractivity contribution is 6.12. The molecule has 21 heteroatoms. The summed E-state index contributed by atoms with van der Waals surface area (Å²) in [6, 6.07) is 28.7. The van der Waals surface area contributed by atoms with E-state index < -0.39 is 46.5 Å². The number of hydrogen-bond donors (Lipinski definition) is 6. The number of benzene rings is 4. The Morgan fingerprint density at radius 1 is 0.452 bits per heavy atom. The SMILES string of the molecule is O=C(O)c1cc(-c2cc(C(=O)NCCOCCOCCOCCOCCOCCNC(=O)c3cc(-c4ccc(F)c(C(=O)O)c4)nc4[nH]nc(-c5ccccc5)c34)c3c(-c4ccccc4)n[nH]c3n2)ccc1F. The molecular weight excluding hydrogens is 951 g/mol. The molecule has 376 valence electrons. The van der Waals surface area contributed by atoms with Crippen molar-refractivity contribution in [3.63, 3.8) is 0 Å². The topological polar surface area (TPSA) is 262 Å². The normalized spacial score (nSPS) is 11.3. The smallest absolute Gasteiger partial charge is 0.338 e. The molecule has 0 radical (unpaired) electrons. The van der Waals surface area contributed by atoms with Gasteiger partial charge in [0.1, 0.15) is 23.0 Å². The van der Waals surface area contributed by atoms with Gasteiger partial charge in [-0.2, -0.15) is 10.2 Å². The fourth-order valence-corrected chi connectivity index (χ4v) is 7.67. The van der Waals surface area contributed by atoms with E-state index in [0.29, 0.717) is 84.2 Å². The van der Waals surface area contributed by atoms with Crippen LogP contribution in [0.5, 0.6) is 0 Å². The van der Waals surface area contributed by atoms with Crippen LogP contribution in [0, 0.1) is 11.6 Å². The maximum absolute atomic E-state index is 14.2. The Morgan fingerprint density at radius 3 is 1.16 bits per heavy atom. The van der Waals surface area contributed by atoms with Gasteiger partial charge in [0.25, 0.3) is 11.8 Å². The van der Waals surface area contributed by atoms with E-state index >= 15 is 0 Å². The second-order valence-electron chi connectivity index (χ2n) is 16.0. The molecule has 0 saturated heterocycles. The standard InChI is InChI=1S/C52H48F2N8O11/c53-39-13-11-33(27-35(39)51(65)66)41-29-37(43-45(59-61-47(43)57-41)31-7-3-1-4-8-31)49(63)55-15-17-69-19-21-71-23-25-73-26-24-72-22-20-70-18-16-56-50(64)38-30-42(34-12-14-40(54)36(28-34)52(67)68)58-48-44(38)46(60-62-48)32-9-5-2-6-10-32/h1-14,27-30H,15-26H2,(H,55,63)(H,56,64)(H,65,66)(H,67,68)(H,57,59,61)(H,58,60,62). The predicted octanol–water partition coefficient (Wildman–Crippen LogP) is 6.81. The maximum atomic E-state index is 14.2. The Balaban J connectivity index is 0.702. The summed E-state index contributed by atoms with van der Waals surface area (Å²) in [7, 11) is 0. The Kier molecular flexibility index (Phi) is 17.2. The van der Waals surface area contributed by atoms with Crippen LogP contribution in [0.4, 0.5) is 8.78 Å². The van der Waals surface area contributed by atoms with Crippen molar-refractivity contribution < 1.29 is 61.9 Å². The van der Waals surface area contributed by atoms with Gasteiger partial charge >= 0.3 is 11.9 Å². The van der Waals surface area contributed by atoms with E-state index in [1.807, 2.05) is 60.7 Å². The zero-order valence-corrected chi connectivity index (χ0v) is 39.0. The second-order valence-corrected chi connectivity index (χ2v) is 16.0. The molecule has 0 aliphatic rings. The van der Waals surface area contributed by atoms with Crippen LogP contribution in [0.2, 0.25) is 0 Å². The third-order valence-corrected chi connectivity index (χ3v) is 11.2. The first-order chi connectivity index (χ1) is 35.6. The van der Waals surface area contributed by atoms with E-state index in [-0.39, 0.29) is 62.0 Å². The second kappa shape index (κ2) is 24.7. The lowest BCUT2D eigenvalue weighted by molar-refractivity contribution is -0.0105. The number of carboxylic acid groups (broad SMARTS) is 2. The number of nitrogens with zero attached hydrogens (tertiary/aromatic N) is 4. The summed E-state index contributed by atoms with van der Waals surface area (Å²) in [5.74, 6) is -5.54. The summed E-state index contributed by atoms with van der Waals surface area (Å²) in [5, 5.41) is 40.1. The molecule has 4 heterocycles. The highest BCUT2D eigenvalue weighted by Gasteiger charge is 2.23. The highest BCUT2D eigenvalue weighted by atomic mass is 19.1. The van der Waals surface area contributed by atoms with Crippen LogP contribution < -0.4 is 10.6 Å². The molecule has 4 aromatic carbocycles.